The molecule has 0 aliphatic heterocycles. The zero-order chi connectivity index (χ0) is 12.1. The summed E-state index contributed by atoms with van der Waals surface area (Å²) < 4.78 is 2.74. The largest absolute Gasteiger partial charge is 0.506 e. The standard InChI is InChI=1S/C12H14BrN3O/c13-11-3-1-2-10(12(11)17)8-14-4-6-16-7-5-15-9-16/h1-3,5,7,9,14,17H,4,6,8H2. The average molecular weight is 296 g/mol. The lowest BCUT2D eigenvalue weighted by Gasteiger charge is -2.08. The Kier molecular flexibility index (Phi) is 4.17. The van der Waals surface area contributed by atoms with Crippen LogP contribution in [0.1, 0.15) is 5.56 Å². The Bertz CT molecular complexity index is 471. The van der Waals surface area contributed by atoms with Gasteiger partial charge in [-0.3, -0.25) is 0 Å². The molecule has 0 amide bonds. The van der Waals surface area contributed by atoms with Crippen LogP contribution >= 0.6 is 15.9 Å². The van der Waals surface area contributed by atoms with E-state index in [0.29, 0.717) is 12.3 Å². The highest BCUT2D eigenvalue weighted by atomic mass is 79.9. The van der Waals surface area contributed by atoms with Gasteiger partial charge in [0, 0.05) is 37.6 Å². The molecule has 1 heterocycles. The maximum absolute atomic E-state index is 9.78. The number of hydrogen-bond donors (Lipinski definition) is 2. The van der Waals surface area contributed by atoms with E-state index < -0.39 is 0 Å². The van der Waals surface area contributed by atoms with Gasteiger partial charge in [-0.15, -0.1) is 0 Å². The molecule has 1 aromatic carbocycles. The van der Waals surface area contributed by atoms with E-state index in [2.05, 4.69) is 26.2 Å². The molecule has 0 aliphatic carbocycles. The lowest BCUT2D eigenvalue weighted by atomic mass is 10.2. The molecule has 0 bridgehead atoms. The van der Waals surface area contributed by atoms with E-state index in [1.54, 1.807) is 12.5 Å². The maximum atomic E-state index is 9.78. The second kappa shape index (κ2) is 5.84. The smallest absolute Gasteiger partial charge is 0.134 e. The summed E-state index contributed by atoms with van der Waals surface area (Å²) in [5.74, 6) is 0.308. The highest BCUT2D eigenvalue weighted by Gasteiger charge is 2.03. The summed E-state index contributed by atoms with van der Waals surface area (Å²) in [5.41, 5.74) is 0.894. The summed E-state index contributed by atoms with van der Waals surface area (Å²) in [5, 5.41) is 13.1. The normalized spacial score (nSPS) is 10.6. The number of nitrogens with zero attached hydrogens (tertiary/aromatic N) is 2. The summed E-state index contributed by atoms with van der Waals surface area (Å²) in [6, 6.07) is 5.64. The van der Waals surface area contributed by atoms with Crippen LogP contribution < -0.4 is 5.32 Å². The Hall–Kier alpha value is -1.33. The fraction of sp³-hybridized carbons (Fsp3) is 0.250. The Morgan fingerprint density at radius 2 is 2.29 bits per heavy atom. The van der Waals surface area contributed by atoms with Crippen LogP contribution in [0.25, 0.3) is 0 Å². The molecule has 2 N–H and O–H groups in total. The Labute approximate surface area is 108 Å². The number of benzene rings is 1. The van der Waals surface area contributed by atoms with Crippen LogP contribution in [0.4, 0.5) is 0 Å². The molecule has 2 rings (SSSR count). The van der Waals surface area contributed by atoms with Crippen LogP contribution in [-0.4, -0.2) is 21.2 Å². The Morgan fingerprint density at radius 3 is 3.06 bits per heavy atom. The van der Waals surface area contributed by atoms with Crippen LogP contribution in [-0.2, 0) is 13.1 Å². The minimum atomic E-state index is 0.308. The summed E-state index contributed by atoms with van der Waals surface area (Å²) in [6.07, 6.45) is 5.48. The molecule has 0 atom stereocenters. The molecular weight excluding hydrogens is 282 g/mol. The summed E-state index contributed by atoms with van der Waals surface area (Å²) >= 11 is 3.30. The summed E-state index contributed by atoms with van der Waals surface area (Å²) in [7, 11) is 0. The van der Waals surface area contributed by atoms with Gasteiger partial charge in [0.15, 0.2) is 0 Å². The van der Waals surface area contributed by atoms with Crippen LogP contribution in [0.3, 0.4) is 0 Å². The number of rotatable bonds is 5. The van der Waals surface area contributed by atoms with E-state index >= 15 is 0 Å². The van der Waals surface area contributed by atoms with Crippen molar-refractivity contribution in [1.29, 1.82) is 0 Å². The molecule has 0 aliphatic rings. The molecule has 0 spiro atoms. The fourth-order valence-electron chi connectivity index (χ4n) is 1.55. The molecule has 4 nitrogen and oxygen atoms in total. The van der Waals surface area contributed by atoms with Crippen molar-refractivity contribution < 1.29 is 5.11 Å². The van der Waals surface area contributed by atoms with Crippen LogP contribution in [0.2, 0.25) is 0 Å². The monoisotopic (exact) mass is 295 g/mol. The quantitative estimate of drug-likeness (QED) is 0.831. The molecule has 0 fully saturated rings. The number of halogens is 1. The molecule has 1 aromatic heterocycles. The third-order valence-corrected chi connectivity index (χ3v) is 3.13. The minimum Gasteiger partial charge on any atom is -0.506 e. The van der Waals surface area contributed by atoms with Gasteiger partial charge in [0.05, 0.1) is 10.8 Å². The number of para-hydroxylation sites is 1. The van der Waals surface area contributed by atoms with Crippen molar-refractivity contribution in [2.45, 2.75) is 13.1 Å². The number of imidazole rings is 1. The van der Waals surface area contributed by atoms with Crippen molar-refractivity contribution in [3.05, 3.63) is 47.0 Å². The van der Waals surface area contributed by atoms with Gasteiger partial charge in [0.2, 0.25) is 0 Å². The lowest BCUT2D eigenvalue weighted by molar-refractivity contribution is 0.460. The number of phenolic OH excluding ortho intramolecular Hbond substituents is 1. The fourth-order valence-corrected chi connectivity index (χ4v) is 1.96. The third kappa shape index (κ3) is 3.31. The zero-order valence-electron chi connectivity index (χ0n) is 9.31. The summed E-state index contributed by atoms with van der Waals surface area (Å²) in [4.78, 5) is 3.97. The second-order valence-electron chi connectivity index (χ2n) is 3.72. The highest BCUT2D eigenvalue weighted by molar-refractivity contribution is 9.10. The molecule has 2 aromatic rings. The highest BCUT2D eigenvalue weighted by Crippen LogP contribution is 2.26. The first-order chi connectivity index (χ1) is 8.27. The molecule has 5 heteroatoms. The van der Waals surface area contributed by atoms with Crippen molar-refractivity contribution in [1.82, 2.24) is 14.9 Å². The molecule has 0 saturated heterocycles. The first-order valence-electron chi connectivity index (χ1n) is 5.40. The van der Waals surface area contributed by atoms with Crippen LogP contribution in [0, 0.1) is 0 Å². The topological polar surface area (TPSA) is 50.1 Å². The molecular formula is C12H14BrN3O. The molecule has 0 unspecified atom stereocenters. The van der Waals surface area contributed by atoms with E-state index in [0.717, 1.165) is 23.1 Å². The second-order valence-corrected chi connectivity index (χ2v) is 4.58. The predicted molar refractivity (Wildman–Crippen MR) is 69.7 cm³/mol. The van der Waals surface area contributed by atoms with Crippen molar-refractivity contribution in [2.75, 3.05) is 6.54 Å². The van der Waals surface area contributed by atoms with Gasteiger partial charge >= 0.3 is 0 Å². The van der Waals surface area contributed by atoms with Gasteiger partial charge < -0.3 is 15.0 Å². The maximum Gasteiger partial charge on any atom is 0.134 e. The summed E-state index contributed by atoms with van der Waals surface area (Å²) in [6.45, 7) is 2.36. The van der Waals surface area contributed by atoms with Gasteiger partial charge in [-0.2, -0.15) is 0 Å². The number of hydrogen-bond acceptors (Lipinski definition) is 3. The molecule has 0 radical (unpaired) electrons. The van der Waals surface area contributed by atoms with Crippen molar-refractivity contribution in [3.63, 3.8) is 0 Å². The van der Waals surface area contributed by atoms with Crippen molar-refractivity contribution in [2.24, 2.45) is 0 Å². The molecule has 17 heavy (non-hydrogen) atoms. The Morgan fingerprint density at radius 1 is 1.41 bits per heavy atom. The van der Waals surface area contributed by atoms with E-state index in [1.807, 2.05) is 29.0 Å². The first kappa shape index (κ1) is 12.1. The van der Waals surface area contributed by atoms with Gasteiger partial charge in [-0.25, -0.2) is 4.98 Å². The third-order valence-electron chi connectivity index (χ3n) is 2.49. The Balaban J connectivity index is 1.80. The molecule has 90 valence electrons. The zero-order valence-corrected chi connectivity index (χ0v) is 10.9. The number of phenols is 1. The van der Waals surface area contributed by atoms with E-state index in [4.69, 9.17) is 0 Å². The average Bonchev–Trinajstić information content (AvgIpc) is 2.83. The van der Waals surface area contributed by atoms with Gasteiger partial charge in [0.25, 0.3) is 0 Å². The van der Waals surface area contributed by atoms with E-state index in [-0.39, 0.29) is 0 Å². The van der Waals surface area contributed by atoms with Crippen molar-refractivity contribution >= 4 is 15.9 Å². The van der Waals surface area contributed by atoms with Crippen LogP contribution in [0.15, 0.2) is 41.4 Å². The number of aromatic nitrogens is 2. The SMILES string of the molecule is Oc1c(Br)cccc1CNCCn1ccnc1. The first-order valence-corrected chi connectivity index (χ1v) is 6.19. The van der Waals surface area contributed by atoms with Gasteiger partial charge in [-0.05, 0) is 22.0 Å². The minimum absolute atomic E-state index is 0.308. The lowest BCUT2D eigenvalue weighted by Crippen LogP contribution is -2.19. The van der Waals surface area contributed by atoms with Gasteiger partial charge in [0.1, 0.15) is 5.75 Å². The van der Waals surface area contributed by atoms with E-state index in [1.165, 1.54) is 0 Å². The predicted octanol–water partition coefficient (Wildman–Crippen LogP) is 2.14. The number of nitrogens with one attached hydrogen (secondary N) is 1. The van der Waals surface area contributed by atoms with Gasteiger partial charge in [-0.1, -0.05) is 12.1 Å². The van der Waals surface area contributed by atoms with E-state index in [9.17, 15) is 5.11 Å². The molecule has 0 saturated carbocycles. The number of aromatic hydroxyl groups is 1. The van der Waals surface area contributed by atoms with Crippen LogP contribution in [0.5, 0.6) is 5.75 Å². The van der Waals surface area contributed by atoms with Crippen molar-refractivity contribution in [3.8, 4) is 5.75 Å².